The van der Waals surface area contributed by atoms with Crippen molar-refractivity contribution < 1.29 is 9.59 Å². The van der Waals surface area contributed by atoms with Crippen LogP contribution in [0.5, 0.6) is 0 Å². The Labute approximate surface area is 227 Å². The number of carbonyl (C=O) groups is 2. The van der Waals surface area contributed by atoms with E-state index in [0.717, 1.165) is 62.8 Å². The predicted molar refractivity (Wildman–Crippen MR) is 149 cm³/mol. The molecule has 1 aromatic carbocycles. The number of nitrogens with one attached hydrogen (secondary N) is 1. The molecule has 2 amide bonds. The average molecular weight is 520 g/mol. The number of benzene rings is 1. The molecule has 7 nitrogen and oxygen atoms in total. The number of hydrogen-bond acceptors (Lipinski definition) is 4. The Bertz CT molecular complexity index is 1130. The zero-order valence-electron chi connectivity index (χ0n) is 23.4. The number of rotatable bonds is 5. The number of nitrogens with two attached hydrogens (primary N) is 1. The minimum absolute atomic E-state index is 0.0128. The summed E-state index contributed by atoms with van der Waals surface area (Å²) in [5.74, 6) is 0.0686. The Morgan fingerprint density at radius 2 is 1.68 bits per heavy atom. The molecule has 7 heteroatoms. The van der Waals surface area contributed by atoms with Gasteiger partial charge in [-0.2, -0.15) is 0 Å². The van der Waals surface area contributed by atoms with Crippen LogP contribution in [0.15, 0.2) is 30.6 Å². The molecule has 3 atom stereocenters. The van der Waals surface area contributed by atoms with E-state index in [1.807, 2.05) is 11.2 Å². The van der Waals surface area contributed by atoms with Crippen LogP contribution in [0.2, 0.25) is 0 Å². The molecule has 3 unspecified atom stereocenters. The normalized spacial score (nSPS) is 24.6. The van der Waals surface area contributed by atoms with Crippen LogP contribution >= 0.6 is 0 Å². The van der Waals surface area contributed by atoms with Crippen molar-refractivity contribution in [3.8, 4) is 0 Å². The van der Waals surface area contributed by atoms with E-state index in [9.17, 15) is 9.59 Å². The third-order valence-electron chi connectivity index (χ3n) is 8.98. The van der Waals surface area contributed by atoms with Crippen LogP contribution in [0, 0.1) is 5.92 Å². The van der Waals surface area contributed by atoms with Crippen molar-refractivity contribution in [2.45, 2.75) is 122 Å². The van der Waals surface area contributed by atoms with Gasteiger partial charge in [-0.25, -0.2) is 4.98 Å². The fourth-order valence-corrected chi connectivity index (χ4v) is 6.48. The van der Waals surface area contributed by atoms with Crippen LogP contribution in [0.25, 0.3) is 0 Å². The van der Waals surface area contributed by atoms with Crippen LogP contribution in [-0.4, -0.2) is 44.4 Å². The first-order chi connectivity index (χ1) is 18.2. The van der Waals surface area contributed by atoms with E-state index in [2.05, 4.69) is 54.9 Å². The molecule has 2 saturated carbocycles. The lowest BCUT2D eigenvalue weighted by molar-refractivity contribution is -0.146. The number of nitrogens with zero attached hydrogens (tertiary/aromatic N) is 3. The average Bonchev–Trinajstić information content (AvgIpc) is 3.30. The molecule has 2 heterocycles. The van der Waals surface area contributed by atoms with Gasteiger partial charge in [-0.05, 0) is 42.2 Å². The summed E-state index contributed by atoms with van der Waals surface area (Å²) in [5, 5.41) is 3.23. The van der Waals surface area contributed by atoms with Crippen molar-refractivity contribution in [2.75, 3.05) is 0 Å². The van der Waals surface area contributed by atoms with Gasteiger partial charge in [-0.15, -0.1) is 0 Å². The lowest BCUT2D eigenvalue weighted by Crippen LogP contribution is -2.58. The molecule has 38 heavy (non-hydrogen) atoms. The van der Waals surface area contributed by atoms with Crippen LogP contribution in [0.1, 0.15) is 101 Å². The first-order valence-corrected chi connectivity index (χ1v) is 14.7. The van der Waals surface area contributed by atoms with Crippen LogP contribution in [0.3, 0.4) is 0 Å². The summed E-state index contributed by atoms with van der Waals surface area (Å²) in [7, 11) is 0. The minimum Gasteiger partial charge on any atom is -0.350 e. The van der Waals surface area contributed by atoms with E-state index >= 15 is 0 Å². The van der Waals surface area contributed by atoms with Crippen molar-refractivity contribution in [1.82, 2.24) is 19.8 Å². The molecule has 0 spiro atoms. The maximum atomic E-state index is 13.8. The largest absolute Gasteiger partial charge is 0.350 e. The summed E-state index contributed by atoms with van der Waals surface area (Å²) < 4.78 is 2.16. The van der Waals surface area contributed by atoms with Crippen molar-refractivity contribution in [3.05, 3.63) is 53.1 Å². The Balaban J connectivity index is 1.38. The maximum absolute atomic E-state index is 13.8. The summed E-state index contributed by atoms with van der Waals surface area (Å²) in [6, 6.07) is 8.22. The molecule has 3 N–H and O–H groups in total. The van der Waals surface area contributed by atoms with Crippen molar-refractivity contribution in [2.24, 2.45) is 11.7 Å². The summed E-state index contributed by atoms with van der Waals surface area (Å²) in [4.78, 5) is 34.1. The Morgan fingerprint density at radius 3 is 2.37 bits per heavy atom. The van der Waals surface area contributed by atoms with E-state index in [1.54, 1.807) is 0 Å². The van der Waals surface area contributed by atoms with Gasteiger partial charge in [0.05, 0.1) is 24.3 Å². The highest BCUT2D eigenvalue weighted by Crippen LogP contribution is 2.31. The van der Waals surface area contributed by atoms with Crippen LogP contribution < -0.4 is 11.1 Å². The van der Waals surface area contributed by atoms with Gasteiger partial charge in [0.25, 0.3) is 0 Å². The molecule has 5 rings (SSSR count). The smallest absolute Gasteiger partial charge is 0.243 e. The number of imidazole rings is 1. The standard InChI is InChI=1S/C31H45N5O2/c1-31(2,3)23-15-13-21(14-16-23)18-35-20-33-26-17-27(29(37)34-25-12-8-7-11-24(25)32)36(19-28(26)35)30(38)22-9-5-4-6-10-22/h13-16,20,22,24-25,27H,4-12,17-19,32H2,1-3H3,(H,34,37). The number of fused-ring (bicyclic) bond motifs is 1. The van der Waals surface area contributed by atoms with Gasteiger partial charge < -0.3 is 20.5 Å². The lowest BCUT2D eigenvalue weighted by Gasteiger charge is -2.39. The lowest BCUT2D eigenvalue weighted by atomic mass is 9.86. The van der Waals surface area contributed by atoms with Gasteiger partial charge in [-0.3, -0.25) is 9.59 Å². The molecule has 2 aliphatic carbocycles. The van der Waals surface area contributed by atoms with Gasteiger partial charge in [0.2, 0.25) is 11.8 Å². The van der Waals surface area contributed by atoms with E-state index in [-0.39, 0.29) is 35.2 Å². The van der Waals surface area contributed by atoms with Gasteiger partial charge >= 0.3 is 0 Å². The molecule has 2 fully saturated rings. The predicted octanol–water partition coefficient (Wildman–Crippen LogP) is 4.45. The fourth-order valence-electron chi connectivity index (χ4n) is 6.48. The minimum atomic E-state index is -0.527. The van der Waals surface area contributed by atoms with Crippen molar-refractivity contribution in [3.63, 3.8) is 0 Å². The van der Waals surface area contributed by atoms with Crippen LogP contribution in [0.4, 0.5) is 0 Å². The zero-order chi connectivity index (χ0) is 26.9. The molecule has 1 aliphatic heterocycles. The molecule has 1 aromatic heterocycles. The Kier molecular flexibility index (Phi) is 7.94. The second kappa shape index (κ2) is 11.2. The highest BCUT2D eigenvalue weighted by molar-refractivity contribution is 5.89. The molecular weight excluding hydrogens is 474 g/mol. The summed E-state index contributed by atoms with van der Waals surface area (Å²) >= 11 is 0. The second-order valence-electron chi connectivity index (χ2n) is 12.8. The summed E-state index contributed by atoms with van der Waals surface area (Å²) in [6.45, 7) is 7.80. The fraction of sp³-hybridized carbons (Fsp3) is 0.645. The maximum Gasteiger partial charge on any atom is 0.243 e. The first kappa shape index (κ1) is 26.9. The molecule has 0 radical (unpaired) electrons. The highest BCUT2D eigenvalue weighted by Gasteiger charge is 2.40. The highest BCUT2D eigenvalue weighted by atomic mass is 16.2. The van der Waals surface area contributed by atoms with E-state index < -0.39 is 6.04 Å². The molecule has 0 bridgehead atoms. The molecule has 2 aromatic rings. The number of carbonyl (C=O) groups excluding carboxylic acids is 2. The van der Waals surface area contributed by atoms with Gasteiger partial charge in [0.1, 0.15) is 6.04 Å². The molecule has 0 saturated heterocycles. The first-order valence-electron chi connectivity index (χ1n) is 14.7. The number of aromatic nitrogens is 2. The van der Waals surface area contributed by atoms with E-state index in [4.69, 9.17) is 10.7 Å². The van der Waals surface area contributed by atoms with Crippen LogP contribution in [-0.2, 0) is 34.5 Å². The molecular formula is C31H45N5O2. The third-order valence-corrected chi connectivity index (χ3v) is 8.98. The Morgan fingerprint density at radius 1 is 1.00 bits per heavy atom. The SMILES string of the molecule is CC(C)(C)c1ccc(Cn2cnc3c2CN(C(=O)C2CCCCC2)C(C(=O)NC2CCCCC2N)C3)cc1. The summed E-state index contributed by atoms with van der Waals surface area (Å²) in [6.07, 6.45) is 11.6. The Hall–Kier alpha value is -2.67. The van der Waals surface area contributed by atoms with Gasteiger partial charge in [0.15, 0.2) is 0 Å². The quantitative estimate of drug-likeness (QED) is 0.610. The molecule has 206 valence electrons. The van der Waals surface area contributed by atoms with Gasteiger partial charge in [-0.1, -0.05) is 77.1 Å². The van der Waals surface area contributed by atoms with Crippen molar-refractivity contribution in [1.29, 1.82) is 0 Å². The number of amides is 2. The third kappa shape index (κ3) is 5.83. The van der Waals surface area contributed by atoms with E-state index in [0.29, 0.717) is 19.5 Å². The van der Waals surface area contributed by atoms with E-state index in [1.165, 1.54) is 17.5 Å². The zero-order valence-corrected chi connectivity index (χ0v) is 23.4. The topological polar surface area (TPSA) is 93.2 Å². The molecule has 3 aliphatic rings. The second-order valence-corrected chi connectivity index (χ2v) is 12.8. The summed E-state index contributed by atoms with van der Waals surface area (Å²) in [5.41, 5.74) is 10.9. The monoisotopic (exact) mass is 519 g/mol. The van der Waals surface area contributed by atoms with Crippen molar-refractivity contribution >= 4 is 11.8 Å². The van der Waals surface area contributed by atoms with Gasteiger partial charge in [0, 0.05) is 31.0 Å². The number of hydrogen-bond donors (Lipinski definition) is 2.